The first kappa shape index (κ1) is 35.8. The fourth-order valence-corrected chi connectivity index (χ4v) is 6.98. The van der Waals surface area contributed by atoms with Crippen molar-refractivity contribution in [3.05, 3.63) is 46.6 Å². The van der Waals surface area contributed by atoms with Crippen LogP contribution in [-0.2, 0) is 28.5 Å². The minimum atomic E-state index is -2.36. The molecule has 1 fully saturated rings. The maximum atomic E-state index is 12.5. The van der Waals surface area contributed by atoms with Crippen LogP contribution in [0.3, 0.4) is 0 Å². The van der Waals surface area contributed by atoms with Crippen LogP contribution in [0.2, 0.25) is 0 Å². The third kappa shape index (κ3) is 5.94. The highest BCUT2D eigenvalue weighted by Gasteiger charge is 2.71. The molecule has 8 atom stereocenters. The second-order valence-corrected chi connectivity index (χ2v) is 12.4. The molecule has 3 heterocycles. The molecular formula is C33H46NO12-. The number of hydrogen-bond acceptors (Lipinski definition) is 11. The summed E-state index contributed by atoms with van der Waals surface area (Å²) in [5, 5.41) is 66.5. The van der Waals surface area contributed by atoms with E-state index in [0.29, 0.717) is 22.7 Å². The molecule has 1 aliphatic carbocycles. The number of aromatic nitrogens is 1. The largest absolute Gasteiger partial charge is 0.658 e. The van der Waals surface area contributed by atoms with E-state index in [1.54, 1.807) is 13.0 Å². The number of methoxy groups -OCH3 is 1. The molecule has 1 aromatic heterocycles. The van der Waals surface area contributed by atoms with Crippen LogP contribution in [0.1, 0.15) is 64.5 Å². The van der Waals surface area contributed by atoms with Gasteiger partial charge in [-0.3, -0.25) is 4.79 Å². The Kier molecular flexibility index (Phi) is 10.9. The summed E-state index contributed by atoms with van der Waals surface area (Å²) < 4.78 is 24.1. The summed E-state index contributed by atoms with van der Waals surface area (Å²) in [5.74, 6) is -5.56. The SMILES string of the molecule is C=C[C@@H]1[C@H](CC(=O)O)C(C(=O)OC)=CC[C@H]1O[C@]1(CO)O[C@H](CO)[C@]2(C=c3cc(C(C)C)[n-]c3=C(CCCO)O2)[C@H](O)[C@]1(O)CC. The quantitative estimate of drug-likeness (QED) is 0.119. The van der Waals surface area contributed by atoms with E-state index >= 15 is 0 Å². The topological polar surface area (TPSA) is 207 Å². The first-order valence-electron chi connectivity index (χ1n) is 15.6. The predicted molar refractivity (Wildman–Crippen MR) is 163 cm³/mol. The number of ether oxygens (including phenoxy) is 4. The molecule has 4 rings (SSSR count). The Morgan fingerprint density at radius 1 is 1.26 bits per heavy atom. The van der Waals surface area contributed by atoms with Gasteiger partial charge in [-0.1, -0.05) is 44.3 Å². The minimum Gasteiger partial charge on any atom is -0.658 e. The van der Waals surface area contributed by atoms with E-state index in [0.717, 1.165) is 5.69 Å². The molecule has 2 aliphatic heterocycles. The predicted octanol–water partition coefficient (Wildman–Crippen LogP) is -0.439. The molecule has 1 saturated heterocycles. The summed E-state index contributed by atoms with van der Waals surface area (Å²) in [5.41, 5.74) is -3.33. The van der Waals surface area contributed by atoms with Crippen LogP contribution in [0.4, 0.5) is 0 Å². The number of aliphatic carboxylic acids is 1. The van der Waals surface area contributed by atoms with Crippen molar-refractivity contribution < 1.29 is 59.2 Å². The van der Waals surface area contributed by atoms with Crippen LogP contribution in [0.25, 0.3) is 11.8 Å². The Morgan fingerprint density at radius 3 is 2.52 bits per heavy atom. The summed E-state index contributed by atoms with van der Waals surface area (Å²) in [4.78, 5) is 29.1. The number of carboxylic acids is 1. The summed E-state index contributed by atoms with van der Waals surface area (Å²) in [6.45, 7) is 7.51. The van der Waals surface area contributed by atoms with Gasteiger partial charge in [0.05, 0.1) is 32.0 Å². The van der Waals surface area contributed by atoms with Gasteiger partial charge in [-0.2, -0.15) is 5.69 Å². The van der Waals surface area contributed by atoms with Crippen molar-refractivity contribution in [1.29, 1.82) is 0 Å². The molecule has 0 bridgehead atoms. The minimum absolute atomic E-state index is 0.0232. The van der Waals surface area contributed by atoms with Gasteiger partial charge in [-0.25, -0.2) is 4.79 Å². The molecular weight excluding hydrogens is 602 g/mol. The van der Waals surface area contributed by atoms with Crippen LogP contribution >= 0.6 is 0 Å². The maximum Gasteiger partial charge on any atom is 0.333 e. The van der Waals surface area contributed by atoms with E-state index in [-0.39, 0.29) is 37.4 Å². The molecule has 1 spiro atoms. The molecule has 13 heteroatoms. The van der Waals surface area contributed by atoms with E-state index in [1.807, 2.05) is 19.9 Å². The fraction of sp³-hybridized carbons (Fsp3) is 0.636. The number of aliphatic hydroxyl groups is 5. The number of esters is 1. The summed E-state index contributed by atoms with van der Waals surface area (Å²) in [7, 11) is 1.19. The van der Waals surface area contributed by atoms with Gasteiger partial charge in [-0.15, -0.1) is 6.58 Å². The first-order valence-corrected chi connectivity index (χ1v) is 15.6. The molecule has 6 N–H and O–H groups in total. The summed E-state index contributed by atoms with van der Waals surface area (Å²) >= 11 is 0. The lowest BCUT2D eigenvalue weighted by atomic mass is 9.69. The molecule has 0 saturated carbocycles. The Balaban J connectivity index is 1.82. The van der Waals surface area contributed by atoms with Gasteiger partial charge in [0.2, 0.25) is 5.79 Å². The van der Waals surface area contributed by atoms with E-state index in [4.69, 9.17) is 23.9 Å². The Morgan fingerprint density at radius 2 is 1.98 bits per heavy atom. The molecule has 0 radical (unpaired) electrons. The van der Waals surface area contributed by atoms with Crippen molar-refractivity contribution in [3.63, 3.8) is 0 Å². The average molecular weight is 649 g/mol. The average Bonchev–Trinajstić information content (AvgIpc) is 3.48. The van der Waals surface area contributed by atoms with Gasteiger partial charge in [-0.05, 0) is 36.5 Å². The number of carbonyl (C=O) groups is 2. The van der Waals surface area contributed by atoms with Crippen LogP contribution in [0.15, 0.2) is 30.4 Å². The Bertz CT molecular complexity index is 1450. The summed E-state index contributed by atoms with van der Waals surface area (Å²) in [6.07, 6.45) is 0.181. The van der Waals surface area contributed by atoms with Gasteiger partial charge in [0.25, 0.3) is 0 Å². The first-order chi connectivity index (χ1) is 21.8. The zero-order valence-electron chi connectivity index (χ0n) is 26.7. The third-order valence-corrected chi connectivity index (χ3v) is 9.50. The summed E-state index contributed by atoms with van der Waals surface area (Å²) in [6, 6.07) is 1.84. The second kappa shape index (κ2) is 14.0. The Hall–Kier alpha value is -3.04. The van der Waals surface area contributed by atoms with Crippen molar-refractivity contribution in [1.82, 2.24) is 4.98 Å². The van der Waals surface area contributed by atoms with Crippen LogP contribution in [-0.4, -0.2) is 105 Å². The van der Waals surface area contributed by atoms with E-state index in [1.165, 1.54) is 19.3 Å². The molecule has 0 aromatic carbocycles. The zero-order chi connectivity index (χ0) is 34.0. The molecule has 1 aromatic rings. The van der Waals surface area contributed by atoms with Gasteiger partial charge >= 0.3 is 11.9 Å². The van der Waals surface area contributed by atoms with Gasteiger partial charge in [0.15, 0.2) is 11.2 Å². The molecule has 0 amide bonds. The molecule has 46 heavy (non-hydrogen) atoms. The fourth-order valence-electron chi connectivity index (χ4n) is 6.98. The zero-order valence-corrected chi connectivity index (χ0v) is 26.7. The highest BCUT2D eigenvalue weighted by atomic mass is 16.7. The smallest absolute Gasteiger partial charge is 0.333 e. The standard InChI is InChI=1S/C33H46NO12/c1-6-20-22(14-27(38)39)21(29(40)43-5)10-11-24(20)45-33(17-37)32(42,7-2)30(41)31(26(16-36)46-33)15-19-13-23(18(3)4)34-28(19)25(44-31)9-8-12-35/h6,10,13,15,18,20,22,24,26,30,35-37,41-42H,1,7-9,11-12,14,16-17H2,2-5H3,(H,38,39)/q-1/t20-,22+,24-,26-,30+,31-,32-,33-/m1/s1. The monoisotopic (exact) mass is 648 g/mol. The third-order valence-electron chi connectivity index (χ3n) is 9.50. The Labute approximate surface area is 267 Å². The molecule has 3 aliphatic rings. The van der Waals surface area contributed by atoms with Gasteiger partial charge in [0.1, 0.15) is 18.8 Å². The number of carbonyl (C=O) groups excluding carboxylic acids is 1. The number of nitrogens with zero attached hydrogens (tertiary/aromatic N) is 1. The highest BCUT2D eigenvalue weighted by Crippen LogP contribution is 2.51. The number of hydrogen-bond donors (Lipinski definition) is 6. The van der Waals surface area contributed by atoms with Crippen molar-refractivity contribution in [3.8, 4) is 0 Å². The van der Waals surface area contributed by atoms with Crippen molar-refractivity contribution in [2.75, 3.05) is 26.9 Å². The second-order valence-electron chi connectivity index (χ2n) is 12.4. The normalized spacial score (nSPS) is 34.0. The lowest BCUT2D eigenvalue weighted by molar-refractivity contribution is -0.429. The van der Waals surface area contributed by atoms with Gasteiger partial charge in [0, 0.05) is 30.4 Å². The number of carboxylic acid groups (broad SMARTS) is 1. The molecule has 0 unspecified atom stereocenters. The molecule has 13 nitrogen and oxygen atoms in total. The van der Waals surface area contributed by atoms with Crippen LogP contribution in [0, 0.1) is 11.8 Å². The van der Waals surface area contributed by atoms with Crippen molar-refractivity contribution >= 4 is 23.8 Å². The van der Waals surface area contributed by atoms with Crippen molar-refractivity contribution in [2.45, 2.75) is 94.1 Å². The number of aliphatic hydroxyl groups excluding tert-OH is 4. The van der Waals surface area contributed by atoms with Gasteiger partial charge < -0.3 is 54.6 Å². The maximum absolute atomic E-state index is 12.5. The van der Waals surface area contributed by atoms with Crippen LogP contribution < -0.4 is 15.6 Å². The molecule has 256 valence electrons. The van der Waals surface area contributed by atoms with E-state index in [9.17, 15) is 40.2 Å². The van der Waals surface area contributed by atoms with Crippen LogP contribution in [0.5, 0.6) is 0 Å². The van der Waals surface area contributed by atoms with E-state index in [2.05, 4.69) is 6.58 Å². The lowest BCUT2D eigenvalue weighted by Gasteiger charge is -2.60. The van der Waals surface area contributed by atoms with E-state index < -0.39 is 78.7 Å². The highest BCUT2D eigenvalue weighted by molar-refractivity contribution is 5.90. The number of fused-ring (bicyclic) bond motifs is 1. The number of rotatable bonds is 13. The van der Waals surface area contributed by atoms with Crippen molar-refractivity contribution in [2.24, 2.45) is 11.8 Å². The lowest BCUT2D eigenvalue weighted by Crippen LogP contribution is -2.80.